The van der Waals surface area contributed by atoms with Crippen molar-refractivity contribution in [2.75, 3.05) is 19.6 Å². The Kier molecular flexibility index (Phi) is 8.70. The highest BCUT2D eigenvalue weighted by atomic mass is 19.1. The average Bonchev–Trinajstić information content (AvgIpc) is 2.80. The number of Topliss-reactive ketones (excluding diaryl/α,β-unsaturated/α-hetero) is 1. The summed E-state index contributed by atoms with van der Waals surface area (Å²) in [6, 6.07) is 7.46. The zero-order valence-corrected chi connectivity index (χ0v) is 19.6. The average molecular weight is 487 g/mol. The predicted molar refractivity (Wildman–Crippen MR) is 126 cm³/mol. The van der Waals surface area contributed by atoms with Gasteiger partial charge in [-0.25, -0.2) is 13.6 Å². The number of benzene rings is 2. The fraction of sp³-hybridized carbons (Fsp3) is 0.346. The smallest absolute Gasteiger partial charge is 0.328 e. The molecule has 186 valence electrons. The molecular formula is C26H28F2N2O5. The van der Waals surface area contributed by atoms with Crippen molar-refractivity contribution < 1.29 is 33.0 Å². The van der Waals surface area contributed by atoms with Crippen LogP contribution in [0.3, 0.4) is 0 Å². The number of halogens is 2. The molecule has 1 saturated heterocycles. The van der Waals surface area contributed by atoms with E-state index in [2.05, 4.69) is 5.32 Å². The molecule has 35 heavy (non-hydrogen) atoms. The van der Waals surface area contributed by atoms with Gasteiger partial charge in [-0.05, 0) is 47.4 Å². The molecular weight excluding hydrogens is 458 g/mol. The van der Waals surface area contributed by atoms with Crippen molar-refractivity contribution in [2.45, 2.75) is 32.7 Å². The molecule has 0 unspecified atom stereocenters. The van der Waals surface area contributed by atoms with Gasteiger partial charge in [0.25, 0.3) is 0 Å². The van der Waals surface area contributed by atoms with Crippen molar-refractivity contribution in [3.63, 3.8) is 0 Å². The normalized spacial score (nSPS) is 15.0. The van der Waals surface area contributed by atoms with E-state index in [1.807, 2.05) is 13.8 Å². The number of carboxylic acids is 1. The first-order valence-electron chi connectivity index (χ1n) is 11.3. The molecule has 1 aliphatic rings. The fourth-order valence-electron chi connectivity index (χ4n) is 3.90. The van der Waals surface area contributed by atoms with E-state index in [1.54, 1.807) is 23.1 Å². The van der Waals surface area contributed by atoms with E-state index in [-0.39, 0.29) is 41.7 Å². The van der Waals surface area contributed by atoms with Crippen LogP contribution in [-0.2, 0) is 14.4 Å². The first-order chi connectivity index (χ1) is 16.6. The van der Waals surface area contributed by atoms with Crippen molar-refractivity contribution in [2.24, 2.45) is 5.92 Å². The molecule has 0 bridgehead atoms. The van der Waals surface area contributed by atoms with Crippen molar-refractivity contribution in [1.29, 1.82) is 0 Å². The van der Waals surface area contributed by atoms with E-state index in [1.165, 1.54) is 12.1 Å². The highest BCUT2D eigenvalue weighted by Crippen LogP contribution is 2.32. The summed E-state index contributed by atoms with van der Waals surface area (Å²) < 4.78 is 33.0. The Balaban J connectivity index is 1.87. The molecule has 1 heterocycles. The van der Waals surface area contributed by atoms with Crippen LogP contribution < -0.4 is 10.1 Å². The Morgan fingerprint density at radius 1 is 1.14 bits per heavy atom. The van der Waals surface area contributed by atoms with E-state index in [0.717, 1.165) is 18.2 Å². The SMILES string of the molecule is CC(C)[C@H](NCC(=O)N1CCC(=O)CC1)c1cc(Oc2ccc(F)cc2F)ccc1C=CC(=O)O. The molecule has 2 aromatic rings. The quantitative estimate of drug-likeness (QED) is 0.512. The number of nitrogens with one attached hydrogen (secondary N) is 1. The number of amides is 1. The number of rotatable bonds is 9. The topological polar surface area (TPSA) is 95.9 Å². The number of nitrogens with zero attached hydrogens (tertiary/aromatic N) is 1. The van der Waals surface area contributed by atoms with Gasteiger partial charge in [0.1, 0.15) is 17.3 Å². The summed E-state index contributed by atoms with van der Waals surface area (Å²) in [5.41, 5.74) is 1.24. The molecule has 7 nitrogen and oxygen atoms in total. The Morgan fingerprint density at radius 3 is 2.49 bits per heavy atom. The van der Waals surface area contributed by atoms with Crippen LogP contribution in [0.15, 0.2) is 42.5 Å². The lowest BCUT2D eigenvalue weighted by Gasteiger charge is -2.29. The molecule has 0 saturated carbocycles. The zero-order chi connectivity index (χ0) is 25.5. The Bertz CT molecular complexity index is 1120. The lowest BCUT2D eigenvalue weighted by atomic mass is 9.91. The van der Waals surface area contributed by atoms with Gasteiger partial charge in [-0.3, -0.25) is 9.59 Å². The Labute approximate surface area is 202 Å². The molecule has 1 fully saturated rings. The van der Waals surface area contributed by atoms with Crippen LogP contribution in [0, 0.1) is 17.6 Å². The molecule has 0 aliphatic carbocycles. The molecule has 2 aromatic carbocycles. The maximum absolute atomic E-state index is 14.1. The number of piperidine rings is 1. The molecule has 0 aromatic heterocycles. The van der Waals surface area contributed by atoms with Crippen LogP contribution in [0.25, 0.3) is 6.08 Å². The first-order valence-corrected chi connectivity index (χ1v) is 11.3. The standard InChI is InChI=1S/C26H28F2N2O5/c1-16(2)26(29-15-24(32)30-11-9-19(31)10-12-30)21-14-20(6-3-17(21)4-8-25(33)34)35-23-7-5-18(27)13-22(23)28/h3-8,13-14,16,26,29H,9-12,15H2,1-2H3,(H,33,34)/t26-/m0/s1. The number of ketones is 1. The third-order valence-corrected chi connectivity index (χ3v) is 5.73. The van der Waals surface area contributed by atoms with E-state index in [0.29, 0.717) is 37.1 Å². The monoisotopic (exact) mass is 486 g/mol. The maximum atomic E-state index is 14.1. The molecule has 0 spiro atoms. The van der Waals surface area contributed by atoms with Crippen molar-refractivity contribution >= 4 is 23.7 Å². The van der Waals surface area contributed by atoms with Crippen LogP contribution >= 0.6 is 0 Å². The van der Waals surface area contributed by atoms with Crippen molar-refractivity contribution in [1.82, 2.24) is 10.2 Å². The number of carbonyl (C=O) groups is 3. The third kappa shape index (κ3) is 7.19. The molecule has 1 atom stereocenters. The van der Waals surface area contributed by atoms with Gasteiger partial charge in [0, 0.05) is 44.1 Å². The van der Waals surface area contributed by atoms with Crippen LogP contribution in [-0.4, -0.2) is 47.3 Å². The fourth-order valence-corrected chi connectivity index (χ4v) is 3.90. The molecule has 2 N–H and O–H groups in total. The van der Waals surface area contributed by atoms with Crippen LogP contribution in [0.5, 0.6) is 11.5 Å². The summed E-state index contributed by atoms with van der Waals surface area (Å²) >= 11 is 0. The molecule has 1 amide bonds. The van der Waals surface area contributed by atoms with Crippen LogP contribution in [0.4, 0.5) is 8.78 Å². The van der Waals surface area contributed by atoms with Gasteiger partial charge in [-0.15, -0.1) is 0 Å². The van der Waals surface area contributed by atoms with E-state index in [9.17, 15) is 23.2 Å². The second kappa shape index (κ2) is 11.7. The minimum absolute atomic E-state index is 0.0134. The number of hydrogen-bond acceptors (Lipinski definition) is 5. The van der Waals surface area contributed by atoms with Crippen molar-refractivity contribution in [3.05, 3.63) is 65.2 Å². The number of carboxylic acid groups (broad SMARTS) is 1. The summed E-state index contributed by atoms with van der Waals surface area (Å²) in [4.78, 5) is 36.9. The van der Waals surface area contributed by atoms with E-state index < -0.39 is 17.6 Å². The molecule has 9 heteroatoms. The molecule has 1 aliphatic heterocycles. The Morgan fingerprint density at radius 2 is 1.86 bits per heavy atom. The van der Waals surface area contributed by atoms with Gasteiger partial charge < -0.3 is 20.1 Å². The predicted octanol–water partition coefficient (Wildman–Crippen LogP) is 4.33. The highest BCUT2D eigenvalue weighted by Gasteiger charge is 2.24. The van der Waals surface area contributed by atoms with E-state index in [4.69, 9.17) is 9.84 Å². The largest absolute Gasteiger partial charge is 0.478 e. The zero-order valence-electron chi connectivity index (χ0n) is 19.6. The minimum Gasteiger partial charge on any atom is -0.478 e. The first kappa shape index (κ1) is 26.0. The van der Waals surface area contributed by atoms with Crippen LogP contribution in [0.2, 0.25) is 0 Å². The lowest BCUT2D eigenvalue weighted by molar-refractivity contribution is -0.134. The minimum atomic E-state index is -1.12. The summed E-state index contributed by atoms with van der Waals surface area (Å²) in [7, 11) is 0. The molecule has 3 rings (SSSR count). The van der Waals surface area contributed by atoms with Gasteiger partial charge in [-0.1, -0.05) is 19.9 Å². The highest BCUT2D eigenvalue weighted by molar-refractivity contribution is 5.86. The number of ether oxygens (including phenoxy) is 1. The summed E-state index contributed by atoms with van der Waals surface area (Å²) in [5.74, 6) is -2.59. The number of likely N-dealkylation sites (tertiary alicyclic amines) is 1. The van der Waals surface area contributed by atoms with E-state index >= 15 is 0 Å². The third-order valence-electron chi connectivity index (χ3n) is 5.73. The van der Waals surface area contributed by atoms with Gasteiger partial charge in [-0.2, -0.15) is 0 Å². The second-order valence-electron chi connectivity index (χ2n) is 8.66. The summed E-state index contributed by atoms with van der Waals surface area (Å²) in [6.07, 6.45) is 3.15. The van der Waals surface area contributed by atoms with Gasteiger partial charge >= 0.3 is 5.97 Å². The summed E-state index contributed by atoms with van der Waals surface area (Å²) in [5, 5.41) is 12.3. The van der Waals surface area contributed by atoms with Gasteiger partial charge in [0.05, 0.1) is 6.54 Å². The second-order valence-corrected chi connectivity index (χ2v) is 8.66. The van der Waals surface area contributed by atoms with Crippen LogP contribution in [0.1, 0.15) is 43.9 Å². The number of hydrogen-bond donors (Lipinski definition) is 2. The van der Waals surface area contributed by atoms with Crippen molar-refractivity contribution in [3.8, 4) is 11.5 Å². The maximum Gasteiger partial charge on any atom is 0.328 e. The van der Waals surface area contributed by atoms with Gasteiger partial charge in [0.15, 0.2) is 11.6 Å². The molecule has 0 radical (unpaired) electrons. The Hall–Kier alpha value is -3.59. The number of aliphatic carboxylic acids is 1. The van der Waals surface area contributed by atoms with Gasteiger partial charge in [0.2, 0.25) is 5.91 Å². The summed E-state index contributed by atoms with van der Waals surface area (Å²) in [6.45, 7) is 4.70. The lowest BCUT2D eigenvalue weighted by Crippen LogP contribution is -2.44. The number of carbonyl (C=O) groups excluding carboxylic acids is 2.